The molecule has 1 saturated heterocycles. The van der Waals surface area contributed by atoms with E-state index in [4.69, 9.17) is 15.9 Å². The van der Waals surface area contributed by atoms with E-state index in [1.54, 1.807) is 0 Å². The Hall–Kier alpha value is -0.560. The van der Waals surface area contributed by atoms with Gasteiger partial charge in [0.05, 0.1) is 13.2 Å². The number of rotatable bonds is 0. The van der Waals surface area contributed by atoms with Gasteiger partial charge in [0.15, 0.2) is 5.79 Å². The largest absolute Gasteiger partial charge is 0.378 e. The summed E-state index contributed by atoms with van der Waals surface area (Å²) in [7, 11) is 0. The van der Waals surface area contributed by atoms with E-state index in [1.807, 2.05) is 0 Å². The Morgan fingerprint density at radius 2 is 1.62 bits per heavy atom. The molecule has 1 saturated carbocycles. The van der Waals surface area contributed by atoms with Crippen molar-refractivity contribution in [2.24, 2.45) is 0 Å². The van der Waals surface area contributed by atoms with E-state index in [2.05, 4.69) is 5.92 Å². The van der Waals surface area contributed by atoms with Crippen LogP contribution in [0.15, 0.2) is 0 Å². The Morgan fingerprint density at radius 3 is 2.08 bits per heavy atom. The number of ether oxygens (including phenoxy) is 2. The number of hydrogen-bond donors (Lipinski definition) is 1. The molecule has 0 amide bonds. The molecule has 2 fully saturated rings. The average molecular weight is 182 g/mol. The van der Waals surface area contributed by atoms with Crippen molar-refractivity contribution in [2.45, 2.75) is 37.1 Å². The summed E-state index contributed by atoms with van der Waals surface area (Å²) in [5.41, 5.74) is -0.930. The van der Waals surface area contributed by atoms with Gasteiger partial charge in [-0.05, 0) is 12.8 Å². The third-order valence-electron chi connectivity index (χ3n) is 2.92. The lowest BCUT2D eigenvalue weighted by molar-refractivity contribution is -0.195. The molecule has 13 heavy (non-hydrogen) atoms. The third kappa shape index (κ3) is 1.58. The second kappa shape index (κ2) is 2.98. The minimum absolute atomic E-state index is 0.427. The van der Waals surface area contributed by atoms with E-state index < -0.39 is 11.4 Å². The summed E-state index contributed by atoms with van der Waals surface area (Å²) in [5, 5.41) is 9.78. The molecule has 1 heterocycles. The SMILES string of the molecule is C#CC1(O)CCC2(CC1)OCCO2. The van der Waals surface area contributed by atoms with Crippen molar-refractivity contribution < 1.29 is 14.6 Å². The molecule has 72 valence electrons. The van der Waals surface area contributed by atoms with E-state index in [0.29, 0.717) is 38.9 Å². The quantitative estimate of drug-likeness (QED) is 0.559. The summed E-state index contributed by atoms with van der Waals surface area (Å²) >= 11 is 0. The highest BCUT2D eigenvalue weighted by Crippen LogP contribution is 2.39. The second-order valence-corrected chi connectivity index (χ2v) is 3.78. The summed E-state index contributed by atoms with van der Waals surface area (Å²) in [5.74, 6) is 2.00. The molecular formula is C10H14O3. The molecule has 1 N–H and O–H groups in total. The van der Waals surface area contributed by atoms with Crippen LogP contribution in [0.25, 0.3) is 0 Å². The second-order valence-electron chi connectivity index (χ2n) is 3.78. The van der Waals surface area contributed by atoms with Gasteiger partial charge in [0, 0.05) is 12.8 Å². The van der Waals surface area contributed by atoms with Crippen molar-refractivity contribution in [1.82, 2.24) is 0 Å². The molecule has 0 aromatic heterocycles. The molecule has 1 aliphatic carbocycles. The lowest BCUT2D eigenvalue weighted by atomic mass is 9.82. The van der Waals surface area contributed by atoms with E-state index in [0.717, 1.165) is 0 Å². The first-order valence-corrected chi connectivity index (χ1v) is 4.66. The van der Waals surface area contributed by atoms with E-state index in [9.17, 15) is 5.11 Å². The van der Waals surface area contributed by atoms with Gasteiger partial charge in [0.1, 0.15) is 5.60 Å². The molecule has 0 unspecified atom stereocenters. The van der Waals surface area contributed by atoms with E-state index in [1.165, 1.54) is 0 Å². The van der Waals surface area contributed by atoms with Crippen LogP contribution >= 0.6 is 0 Å². The topological polar surface area (TPSA) is 38.7 Å². The van der Waals surface area contributed by atoms with Gasteiger partial charge in [-0.3, -0.25) is 0 Å². The Morgan fingerprint density at radius 1 is 1.08 bits per heavy atom. The van der Waals surface area contributed by atoms with Crippen LogP contribution in [0.1, 0.15) is 25.7 Å². The normalized spacial score (nSPS) is 30.2. The van der Waals surface area contributed by atoms with E-state index in [-0.39, 0.29) is 0 Å². The number of terminal acetylenes is 1. The Balaban J connectivity index is 2.00. The van der Waals surface area contributed by atoms with Gasteiger partial charge in [0.25, 0.3) is 0 Å². The predicted octanol–water partition coefficient (Wildman–Crippen LogP) is 0.668. The van der Waals surface area contributed by atoms with Gasteiger partial charge in [-0.2, -0.15) is 0 Å². The van der Waals surface area contributed by atoms with Crippen LogP contribution in [0.3, 0.4) is 0 Å². The monoisotopic (exact) mass is 182 g/mol. The summed E-state index contributed by atoms with van der Waals surface area (Å²) in [4.78, 5) is 0. The summed E-state index contributed by atoms with van der Waals surface area (Å²) < 4.78 is 11.0. The first-order valence-electron chi connectivity index (χ1n) is 4.66. The molecule has 0 atom stereocenters. The minimum atomic E-state index is -0.930. The van der Waals surface area contributed by atoms with Gasteiger partial charge in [-0.15, -0.1) is 6.42 Å². The Bertz CT molecular complexity index is 225. The van der Waals surface area contributed by atoms with Gasteiger partial charge in [-0.1, -0.05) is 5.92 Å². The highest BCUT2D eigenvalue weighted by atomic mass is 16.7. The van der Waals surface area contributed by atoms with Crippen LogP contribution in [0.5, 0.6) is 0 Å². The fourth-order valence-corrected chi connectivity index (χ4v) is 1.97. The van der Waals surface area contributed by atoms with Gasteiger partial charge in [-0.25, -0.2) is 0 Å². The summed E-state index contributed by atoms with van der Waals surface area (Å²) in [6, 6.07) is 0. The lowest BCUT2D eigenvalue weighted by Crippen LogP contribution is -2.42. The molecular weight excluding hydrogens is 168 g/mol. The average Bonchev–Trinajstić information content (AvgIpc) is 2.61. The van der Waals surface area contributed by atoms with Crippen LogP contribution in [0.2, 0.25) is 0 Å². The lowest BCUT2D eigenvalue weighted by Gasteiger charge is -2.37. The maximum atomic E-state index is 9.78. The maximum Gasteiger partial charge on any atom is 0.168 e. The van der Waals surface area contributed by atoms with Crippen molar-refractivity contribution in [3.63, 3.8) is 0 Å². The molecule has 0 aromatic carbocycles. The standard InChI is InChI=1S/C10H14O3/c1-2-9(11)3-5-10(6-4-9)12-7-8-13-10/h1,11H,3-8H2. The van der Waals surface area contributed by atoms with Crippen molar-refractivity contribution in [3.05, 3.63) is 0 Å². The van der Waals surface area contributed by atoms with Gasteiger partial charge in [0.2, 0.25) is 0 Å². The number of hydrogen-bond acceptors (Lipinski definition) is 3. The van der Waals surface area contributed by atoms with Crippen molar-refractivity contribution in [1.29, 1.82) is 0 Å². The van der Waals surface area contributed by atoms with Crippen LogP contribution in [0.4, 0.5) is 0 Å². The van der Waals surface area contributed by atoms with Crippen LogP contribution < -0.4 is 0 Å². The maximum absolute atomic E-state index is 9.78. The van der Waals surface area contributed by atoms with E-state index >= 15 is 0 Å². The van der Waals surface area contributed by atoms with Crippen LogP contribution in [0, 0.1) is 12.3 Å². The van der Waals surface area contributed by atoms with Crippen molar-refractivity contribution >= 4 is 0 Å². The molecule has 2 aliphatic rings. The molecule has 1 spiro atoms. The summed E-state index contributed by atoms with van der Waals surface area (Å²) in [6.45, 7) is 1.32. The summed E-state index contributed by atoms with van der Waals surface area (Å²) in [6.07, 6.45) is 7.79. The highest BCUT2D eigenvalue weighted by molar-refractivity contribution is 5.10. The Labute approximate surface area is 78.0 Å². The zero-order valence-electron chi connectivity index (χ0n) is 7.58. The van der Waals surface area contributed by atoms with Gasteiger partial charge < -0.3 is 14.6 Å². The minimum Gasteiger partial charge on any atom is -0.378 e. The fraction of sp³-hybridized carbons (Fsp3) is 0.800. The molecule has 0 radical (unpaired) electrons. The molecule has 1 aliphatic heterocycles. The van der Waals surface area contributed by atoms with Crippen LogP contribution in [-0.4, -0.2) is 29.7 Å². The number of aliphatic hydroxyl groups is 1. The molecule has 3 nitrogen and oxygen atoms in total. The first kappa shape index (κ1) is 9.01. The zero-order valence-corrected chi connectivity index (χ0v) is 7.58. The third-order valence-corrected chi connectivity index (χ3v) is 2.92. The molecule has 2 rings (SSSR count). The highest BCUT2D eigenvalue weighted by Gasteiger charge is 2.44. The fourth-order valence-electron chi connectivity index (χ4n) is 1.97. The van der Waals surface area contributed by atoms with Gasteiger partial charge >= 0.3 is 0 Å². The van der Waals surface area contributed by atoms with Crippen LogP contribution in [-0.2, 0) is 9.47 Å². The van der Waals surface area contributed by atoms with Crippen molar-refractivity contribution in [2.75, 3.05) is 13.2 Å². The smallest absolute Gasteiger partial charge is 0.168 e. The zero-order chi connectivity index (χ0) is 9.36. The molecule has 3 heteroatoms. The molecule has 0 aromatic rings. The predicted molar refractivity (Wildman–Crippen MR) is 46.9 cm³/mol. The van der Waals surface area contributed by atoms with Crippen molar-refractivity contribution in [3.8, 4) is 12.3 Å². The first-order chi connectivity index (χ1) is 6.18. The molecule has 0 bridgehead atoms. The Kier molecular flexibility index (Phi) is 2.07.